The molecule has 1 heterocycles. The topological polar surface area (TPSA) is 29.5 Å². The van der Waals surface area contributed by atoms with E-state index < -0.39 is 5.82 Å². The summed E-state index contributed by atoms with van der Waals surface area (Å²) in [6.07, 6.45) is 0.528. The summed E-state index contributed by atoms with van der Waals surface area (Å²) in [5.74, 6) is -0.486. The van der Waals surface area contributed by atoms with Crippen LogP contribution in [0.25, 0.3) is 11.1 Å². The van der Waals surface area contributed by atoms with Crippen LogP contribution < -0.4 is 4.90 Å². The van der Waals surface area contributed by atoms with Gasteiger partial charge < -0.3 is 9.64 Å². The van der Waals surface area contributed by atoms with Crippen LogP contribution in [0.5, 0.6) is 0 Å². The Bertz CT molecular complexity index is 634. The van der Waals surface area contributed by atoms with E-state index in [1.54, 1.807) is 6.07 Å². The van der Waals surface area contributed by atoms with E-state index in [1.807, 2.05) is 24.3 Å². The predicted octanol–water partition coefficient (Wildman–Crippen LogP) is 3.14. The second-order valence-electron chi connectivity index (χ2n) is 5.00. The van der Waals surface area contributed by atoms with Gasteiger partial charge in [-0.3, -0.25) is 4.79 Å². The third-order valence-corrected chi connectivity index (χ3v) is 3.70. The van der Waals surface area contributed by atoms with Crippen molar-refractivity contribution in [1.82, 2.24) is 0 Å². The number of carbonyl (C=O) groups is 1. The van der Waals surface area contributed by atoms with Crippen molar-refractivity contribution in [2.75, 3.05) is 31.2 Å². The van der Waals surface area contributed by atoms with Crippen molar-refractivity contribution in [2.24, 2.45) is 0 Å². The summed E-state index contributed by atoms with van der Waals surface area (Å²) >= 11 is 0. The monoisotopic (exact) mass is 285 g/mol. The summed E-state index contributed by atoms with van der Waals surface area (Å²) < 4.78 is 19.0. The molecular weight excluding hydrogens is 269 g/mol. The van der Waals surface area contributed by atoms with E-state index in [0.717, 1.165) is 43.1 Å². The fourth-order valence-corrected chi connectivity index (χ4v) is 2.49. The van der Waals surface area contributed by atoms with Gasteiger partial charge in [0.2, 0.25) is 0 Å². The molecule has 4 heteroatoms. The quantitative estimate of drug-likeness (QED) is 0.811. The molecule has 0 saturated carbocycles. The number of nitrogens with zero attached hydrogens (tertiary/aromatic N) is 1. The summed E-state index contributed by atoms with van der Waals surface area (Å²) in [4.78, 5) is 12.9. The van der Waals surface area contributed by atoms with Gasteiger partial charge in [0.1, 0.15) is 5.82 Å². The second-order valence-corrected chi connectivity index (χ2v) is 5.00. The average Bonchev–Trinajstić information content (AvgIpc) is 2.56. The number of benzene rings is 2. The van der Waals surface area contributed by atoms with Crippen molar-refractivity contribution in [3.05, 3.63) is 53.8 Å². The minimum Gasteiger partial charge on any atom is -0.378 e. The average molecular weight is 285 g/mol. The molecule has 1 fully saturated rings. The van der Waals surface area contributed by atoms with E-state index in [0.29, 0.717) is 6.29 Å². The lowest BCUT2D eigenvalue weighted by Crippen LogP contribution is -2.36. The molecule has 21 heavy (non-hydrogen) atoms. The van der Waals surface area contributed by atoms with Crippen LogP contribution in [0.2, 0.25) is 0 Å². The van der Waals surface area contributed by atoms with Crippen molar-refractivity contribution in [3.63, 3.8) is 0 Å². The molecule has 3 nitrogen and oxygen atoms in total. The molecule has 1 aliphatic rings. The van der Waals surface area contributed by atoms with Gasteiger partial charge in [-0.15, -0.1) is 0 Å². The summed E-state index contributed by atoms with van der Waals surface area (Å²) in [5, 5.41) is 0. The van der Waals surface area contributed by atoms with Crippen LogP contribution in [0, 0.1) is 5.82 Å². The van der Waals surface area contributed by atoms with Gasteiger partial charge in [0.15, 0.2) is 6.29 Å². The van der Waals surface area contributed by atoms with Crippen LogP contribution in [0.3, 0.4) is 0 Å². The number of ether oxygens (including phenoxy) is 1. The van der Waals surface area contributed by atoms with Gasteiger partial charge in [0, 0.05) is 18.8 Å². The zero-order chi connectivity index (χ0) is 14.7. The Balaban J connectivity index is 1.83. The molecule has 0 bridgehead atoms. The Morgan fingerprint density at radius 1 is 1.00 bits per heavy atom. The highest BCUT2D eigenvalue weighted by atomic mass is 19.1. The van der Waals surface area contributed by atoms with Gasteiger partial charge in [-0.2, -0.15) is 0 Å². The zero-order valence-electron chi connectivity index (χ0n) is 11.6. The van der Waals surface area contributed by atoms with Gasteiger partial charge in [-0.1, -0.05) is 18.2 Å². The predicted molar refractivity (Wildman–Crippen MR) is 80.3 cm³/mol. The van der Waals surface area contributed by atoms with Crippen molar-refractivity contribution in [2.45, 2.75) is 0 Å². The van der Waals surface area contributed by atoms with Crippen molar-refractivity contribution >= 4 is 12.0 Å². The third kappa shape index (κ3) is 2.95. The number of rotatable bonds is 3. The molecule has 0 atom stereocenters. The molecule has 0 amide bonds. The molecule has 3 rings (SSSR count). The Morgan fingerprint density at radius 3 is 2.29 bits per heavy atom. The van der Waals surface area contributed by atoms with E-state index in [9.17, 15) is 9.18 Å². The van der Waals surface area contributed by atoms with Crippen molar-refractivity contribution in [1.29, 1.82) is 0 Å². The van der Waals surface area contributed by atoms with Crippen LogP contribution >= 0.6 is 0 Å². The molecular formula is C17H16FNO2. The molecule has 2 aromatic rings. The normalized spacial score (nSPS) is 15.0. The fraction of sp³-hybridized carbons (Fsp3) is 0.235. The van der Waals surface area contributed by atoms with E-state index in [1.165, 1.54) is 12.1 Å². The minimum absolute atomic E-state index is 0.0867. The molecule has 108 valence electrons. The highest BCUT2D eigenvalue weighted by Crippen LogP contribution is 2.25. The smallest absolute Gasteiger partial charge is 0.152 e. The molecule has 0 spiro atoms. The second kappa shape index (κ2) is 6.06. The number of hydrogen-bond donors (Lipinski definition) is 0. The van der Waals surface area contributed by atoms with E-state index in [-0.39, 0.29) is 5.56 Å². The first-order valence-corrected chi connectivity index (χ1v) is 6.96. The highest BCUT2D eigenvalue weighted by molar-refractivity contribution is 5.77. The maximum Gasteiger partial charge on any atom is 0.152 e. The lowest BCUT2D eigenvalue weighted by molar-refractivity contribution is 0.112. The van der Waals surface area contributed by atoms with Crippen molar-refractivity contribution < 1.29 is 13.9 Å². The molecule has 0 unspecified atom stereocenters. The molecule has 0 radical (unpaired) electrons. The standard InChI is InChI=1S/C17H16FNO2/c18-17-11-14(1-2-15(17)12-20)13-3-5-16(6-4-13)19-7-9-21-10-8-19/h1-6,11-12H,7-10H2. The van der Waals surface area contributed by atoms with E-state index in [2.05, 4.69) is 4.90 Å². The van der Waals surface area contributed by atoms with Gasteiger partial charge in [-0.25, -0.2) is 4.39 Å². The summed E-state index contributed by atoms with van der Waals surface area (Å²) in [6.45, 7) is 3.28. The lowest BCUT2D eigenvalue weighted by Gasteiger charge is -2.28. The van der Waals surface area contributed by atoms with Crippen LogP contribution in [0.4, 0.5) is 10.1 Å². The van der Waals surface area contributed by atoms with Crippen molar-refractivity contribution in [3.8, 4) is 11.1 Å². The number of morpholine rings is 1. The SMILES string of the molecule is O=Cc1ccc(-c2ccc(N3CCOCC3)cc2)cc1F. The van der Waals surface area contributed by atoms with Gasteiger partial charge in [0.25, 0.3) is 0 Å². The van der Waals surface area contributed by atoms with Gasteiger partial charge in [-0.05, 0) is 35.4 Å². The molecule has 1 aliphatic heterocycles. The van der Waals surface area contributed by atoms with E-state index in [4.69, 9.17) is 4.74 Å². The van der Waals surface area contributed by atoms with Gasteiger partial charge >= 0.3 is 0 Å². The first-order valence-electron chi connectivity index (χ1n) is 6.96. The summed E-state index contributed by atoms with van der Waals surface area (Å²) in [6, 6.07) is 12.7. The van der Waals surface area contributed by atoms with E-state index >= 15 is 0 Å². The first kappa shape index (κ1) is 13.8. The minimum atomic E-state index is -0.486. The van der Waals surface area contributed by atoms with Crippen LogP contribution in [-0.4, -0.2) is 32.6 Å². The maximum atomic E-state index is 13.7. The third-order valence-electron chi connectivity index (χ3n) is 3.70. The maximum absolute atomic E-state index is 13.7. The number of aldehydes is 1. The summed E-state index contributed by atoms with van der Waals surface area (Å²) in [7, 11) is 0. The zero-order valence-corrected chi connectivity index (χ0v) is 11.6. The number of halogens is 1. The fourth-order valence-electron chi connectivity index (χ4n) is 2.49. The van der Waals surface area contributed by atoms with Gasteiger partial charge in [0.05, 0.1) is 18.8 Å². The molecule has 2 aromatic carbocycles. The largest absolute Gasteiger partial charge is 0.378 e. The number of hydrogen-bond acceptors (Lipinski definition) is 3. The number of anilines is 1. The molecule has 1 saturated heterocycles. The highest BCUT2D eigenvalue weighted by Gasteiger charge is 2.11. The van der Waals surface area contributed by atoms with Crippen LogP contribution in [0.15, 0.2) is 42.5 Å². The lowest BCUT2D eigenvalue weighted by atomic mass is 10.0. The molecule has 0 N–H and O–H groups in total. The summed E-state index contributed by atoms with van der Waals surface area (Å²) in [5.41, 5.74) is 2.94. The van der Waals surface area contributed by atoms with Crippen LogP contribution in [0.1, 0.15) is 10.4 Å². The Hall–Kier alpha value is -2.20. The Kier molecular flexibility index (Phi) is 3.97. The molecule has 0 aromatic heterocycles. The molecule has 0 aliphatic carbocycles. The Morgan fingerprint density at radius 2 is 1.67 bits per heavy atom. The van der Waals surface area contributed by atoms with Crippen LogP contribution in [-0.2, 0) is 4.74 Å². The number of carbonyl (C=O) groups excluding carboxylic acids is 1. The first-order chi connectivity index (χ1) is 10.3. The Labute approximate surface area is 123 Å².